The Morgan fingerprint density at radius 2 is 1.75 bits per heavy atom. The largest absolute Gasteiger partial charge is 0.0888 e. The minimum atomic E-state index is 0.832. The van der Waals surface area contributed by atoms with Gasteiger partial charge in [-0.3, -0.25) is 0 Å². The minimum absolute atomic E-state index is 0.832. The molecule has 12 heavy (non-hydrogen) atoms. The maximum Gasteiger partial charge on any atom is 0.0174 e. The summed E-state index contributed by atoms with van der Waals surface area (Å²) >= 11 is 3.79. The van der Waals surface area contributed by atoms with Gasteiger partial charge in [0.05, 0.1) is 0 Å². The molecule has 1 unspecified atom stereocenters. The van der Waals surface area contributed by atoms with Gasteiger partial charge < -0.3 is 0 Å². The Morgan fingerprint density at radius 1 is 1.17 bits per heavy atom. The third-order valence-corrected chi connectivity index (χ3v) is 4.34. The van der Waals surface area contributed by atoms with Crippen LogP contribution in [0.3, 0.4) is 0 Å². The second-order valence-corrected chi connectivity index (χ2v) is 5.29. The molecule has 0 amide bonds. The maximum absolute atomic E-state index is 3.79. The summed E-state index contributed by atoms with van der Waals surface area (Å²) in [5.74, 6) is 2.00. The molecule has 1 aliphatic rings. The van der Waals surface area contributed by atoms with Gasteiger partial charge in [-0.2, -0.15) is 0 Å². The third-order valence-electron chi connectivity index (χ3n) is 3.14. The van der Waals surface area contributed by atoms with Crippen LogP contribution in [0.2, 0.25) is 0 Å². The molecule has 1 saturated carbocycles. The summed E-state index contributed by atoms with van der Waals surface area (Å²) in [6.07, 6.45) is 8.50. The van der Waals surface area contributed by atoms with Crippen LogP contribution in [0.1, 0.15) is 52.4 Å². The predicted octanol–water partition coefficient (Wildman–Crippen LogP) is 4.38. The van der Waals surface area contributed by atoms with E-state index in [0.717, 1.165) is 16.7 Å². The zero-order valence-corrected chi connectivity index (χ0v) is 9.94. The molecule has 0 aromatic carbocycles. The summed E-state index contributed by atoms with van der Waals surface area (Å²) < 4.78 is 0. The van der Waals surface area contributed by atoms with Crippen molar-refractivity contribution in [2.24, 2.45) is 11.8 Å². The van der Waals surface area contributed by atoms with Crippen molar-refractivity contribution in [1.29, 1.82) is 0 Å². The highest BCUT2D eigenvalue weighted by molar-refractivity contribution is 9.09. The molecule has 1 heteroatoms. The van der Waals surface area contributed by atoms with E-state index >= 15 is 0 Å². The smallest absolute Gasteiger partial charge is 0.0174 e. The molecule has 1 rings (SSSR count). The molecule has 0 nitrogen and oxygen atoms in total. The van der Waals surface area contributed by atoms with E-state index in [0.29, 0.717) is 0 Å². The SMILES string of the molecule is CCC(CC)CCC(Br)C1CC1. The molecule has 0 bridgehead atoms. The summed E-state index contributed by atoms with van der Waals surface area (Å²) in [7, 11) is 0. The Labute approximate surface area is 85.3 Å². The number of hydrogen-bond acceptors (Lipinski definition) is 0. The van der Waals surface area contributed by atoms with Gasteiger partial charge in [0.15, 0.2) is 0 Å². The van der Waals surface area contributed by atoms with Crippen LogP contribution in [0, 0.1) is 11.8 Å². The van der Waals surface area contributed by atoms with Gasteiger partial charge in [-0.15, -0.1) is 0 Å². The molecule has 1 atom stereocenters. The Balaban J connectivity index is 2.05. The fraction of sp³-hybridized carbons (Fsp3) is 1.00. The van der Waals surface area contributed by atoms with E-state index in [1.54, 1.807) is 0 Å². The number of rotatable bonds is 6. The molecule has 1 aliphatic carbocycles. The van der Waals surface area contributed by atoms with Crippen molar-refractivity contribution in [2.45, 2.75) is 57.2 Å². The highest BCUT2D eigenvalue weighted by Gasteiger charge is 2.28. The van der Waals surface area contributed by atoms with Crippen molar-refractivity contribution >= 4 is 15.9 Å². The van der Waals surface area contributed by atoms with E-state index in [1.165, 1.54) is 38.5 Å². The second kappa shape index (κ2) is 5.26. The normalized spacial score (nSPS) is 20.0. The molecule has 1 fully saturated rings. The first kappa shape index (κ1) is 10.6. The fourth-order valence-corrected chi connectivity index (χ4v) is 2.58. The summed E-state index contributed by atoms with van der Waals surface area (Å²) in [6, 6.07) is 0. The van der Waals surface area contributed by atoms with Crippen LogP contribution >= 0.6 is 15.9 Å². The van der Waals surface area contributed by atoms with Crippen molar-refractivity contribution in [2.75, 3.05) is 0 Å². The minimum Gasteiger partial charge on any atom is -0.0888 e. The molecule has 0 N–H and O–H groups in total. The summed E-state index contributed by atoms with van der Waals surface area (Å²) in [5, 5.41) is 0. The van der Waals surface area contributed by atoms with Gasteiger partial charge >= 0.3 is 0 Å². The van der Waals surface area contributed by atoms with E-state index in [2.05, 4.69) is 29.8 Å². The molecular weight excluding hydrogens is 212 g/mol. The Bertz CT molecular complexity index is 112. The fourth-order valence-electron chi connectivity index (χ4n) is 1.79. The van der Waals surface area contributed by atoms with Crippen LogP contribution < -0.4 is 0 Å². The van der Waals surface area contributed by atoms with Crippen molar-refractivity contribution in [1.82, 2.24) is 0 Å². The average molecular weight is 233 g/mol. The van der Waals surface area contributed by atoms with Gasteiger partial charge in [-0.05, 0) is 37.5 Å². The lowest BCUT2D eigenvalue weighted by atomic mass is 9.96. The van der Waals surface area contributed by atoms with E-state index in [1.807, 2.05) is 0 Å². The van der Waals surface area contributed by atoms with Crippen molar-refractivity contribution in [3.05, 3.63) is 0 Å². The average Bonchev–Trinajstić information content (AvgIpc) is 2.88. The second-order valence-electron chi connectivity index (χ2n) is 4.11. The highest BCUT2D eigenvalue weighted by Crippen LogP contribution is 2.39. The lowest BCUT2D eigenvalue weighted by molar-refractivity contribution is 0.432. The van der Waals surface area contributed by atoms with Crippen molar-refractivity contribution in [3.63, 3.8) is 0 Å². The Morgan fingerprint density at radius 3 is 2.17 bits per heavy atom. The van der Waals surface area contributed by atoms with Crippen LogP contribution in [0.5, 0.6) is 0 Å². The quantitative estimate of drug-likeness (QED) is 0.597. The molecular formula is C11H21Br. The van der Waals surface area contributed by atoms with Crippen LogP contribution in [0.25, 0.3) is 0 Å². The standard InChI is InChI=1S/C11H21Br/c1-3-9(4-2)5-8-11(12)10-6-7-10/h9-11H,3-8H2,1-2H3. The third kappa shape index (κ3) is 3.47. The lowest BCUT2D eigenvalue weighted by Gasteiger charge is -2.14. The van der Waals surface area contributed by atoms with E-state index < -0.39 is 0 Å². The highest BCUT2D eigenvalue weighted by atomic mass is 79.9. The monoisotopic (exact) mass is 232 g/mol. The molecule has 0 aromatic rings. The topological polar surface area (TPSA) is 0 Å². The summed E-state index contributed by atoms with van der Waals surface area (Å²) in [4.78, 5) is 0.832. The Kier molecular flexibility index (Phi) is 4.63. The van der Waals surface area contributed by atoms with Gasteiger partial charge in [0.2, 0.25) is 0 Å². The van der Waals surface area contributed by atoms with Crippen molar-refractivity contribution in [3.8, 4) is 0 Å². The first-order chi connectivity index (χ1) is 5.77. The van der Waals surface area contributed by atoms with Gasteiger partial charge in [-0.25, -0.2) is 0 Å². The number of halogens is 1. The maximum atomic E-state index is 3.79. The van der Waals surface area contributed by atoms with Gasteiger partial charge in [0, 0.05) is 4.83 Å². The molecule has 0 radical (unpaired) electrons. The van der Waals surface area contributed by atoms with Gasteiger partial charge in [0.25, 0.3) is 0 Å². The first-order valence-corrected chi connectivity index (χ1v) is 6.33. The Hall–Kier alpha value is 0.480. The first-order valence-electron chi connectivity index (χ1n) is 5.42. The van der Waals surface area contributed by atoms with Crippen molar-refractivity contribution < 1.29 is 0 Å². The van der Waals surface area contributed by atoms with Gasteiger partial charge in [-0.1, -0.05) is 42.6 Å². The predicted molar refractivity (Wildman–Crippen MR) is 58.7 cm³/mol. The van der Waals surface area contributed by atoms with Gasteiger partial charge in [0.1, 0.15) is 0 Å². The van der Waals surface area contributed by atoms with Crippen LogP contribution in [-0.4, -0.2) is 4.83 Å². The van der Waals surface area contributed by atoms with Crippen LogP contribution in [-0.2, 0) is 0 Å². The summed E-state index contributed by atoms with van der Waals surface area (Å²) in [6.45, 7) is 4.63. The van der Waals surface area contributed by atoms with Crippen LogP contribution in [0.15, 0.2) is 0 Å². The zero-order valence-electron chi connectivity index (χ0n) is 8.35. The van der Waals surface area contributed by atoms with E-state index in [-0.39, 0.29) is 0 Å². The lowest BCUT2D eigenvalue weighted by Crippen LogP contribution is -2.05. The van der Waals surface area contributed by atoms with E-state index in [9.17, 15) is 0 Å². The number of hydrogen-bond donors (Lipinski definition) is 0. The summed E-state index contributed by atoms with van der Waals surface area (Å²) in [5.41, 5.74) is 0. The zero-order chi connectivity index (χ0) is 8.97. The van der Waals surface area contributed by atoms with E-state index in [4.69, 9.17) is 0 Å². The molecule has 0 aliphatic heterocycles. The molecule has 0 saturated heterocycles. The molecule has 0 spiro atoms. The molecule has 0 aromatic heterocycles. The molecule has 0 heterocycles. The van der Waals surface area contributed by atoms with Crippen LogP contribution in [0.4, 0.5) is 0 Å². The number of alkyl halides is 1. The molecule has 72 valence electrons.